The Balaban J connectivity index is 1.14. The average molecular weight is 581 g/mol. The Kier molecular flexibility index (Phi) is 7.58. The molecule has 2 fully saturated rings. The van der Waals surface area contributed by atoms with Gasteiger partial charge in [0.05, 0.1) is 55.1 Å². The average Bonchev–Trinajstić information content (AvgIpc) is 3.38. The minimum Gasteiger partial charge on any atom is -0.444 e. The summed E-state index contributed by atoms with van der Waals surface area (Å²) in [4.78, 5) is 54.6. The molecule has 6 rings (SSSR count). The fourth-order valence-corrected chi connectivity index (χ4v) is 5.77. The summed E-state index contributed by atoms with van der Waals surface area (Å²) in [6, 6.07) is 9.74. The van der Waals surface area contributed by atoms with E-state index < -0.39 is 18.0 Å². The van der Waals surface area contributed by atoms with Crippen molar-refractivity contribution in [3.63, 3.8) is 0 Å². The van der Waals surface area contributed by atoms with Gasteiger partial charge in [-0.1, -0.05) is 0 Å². The molecule has 222 valence electrons. The lowest BCUT2D eigenvalue weighted by Crippen LogP contribution is -2.43. The molecule has 3 aliphatic heterocycles. The number of cyclic esters (lactones) is 1. The van der Waals surface area contributed by atoms with Gasteiger partial charge >= 0.3 is 12.1 Å². The summed E-state index contributed by atoms with van der Waals surface area (Å²) in [6.45, 7) is 5.47. The number of nitrogens with one attached hydrogen (secondary N) is 1. The first kappa shape index (κ1) is 27.8. The summed E-state index contributed by atoms with van der Waals surface area (Å²) in [6.07, 6.45) is -0.206. The van der Waals surface area contributed by atoms with E-state index in [0.29, 0.717) is 87.8 Å². The maximum Gasteiger partial charge on any atom is 0.414 e. The van der Waals surface area contributed by atoms with Crippen LogP contribution in [0.2, 0.25) is 0 Å². The summed E-state index contributed by atoms with van der Waals surface area (Å²) in [7, 11) is 0. The van der Waals surface area contributed by atoms with Gasteiger partial charge < -0.3 is 29.4 Å². The Morgan fingerprint density at radius 1 is 0.976 bits per heavy atom. The van der Waals surface area contributed by atoms with E-state index in [2.05, 4.69) is 5.32 Å². The van der Waals surface area contributed by atoms with E-state index in [4.69, 9.17) is 9.47 Å². The van der Waals surface area contributed by atoms with E-state index in [-0.39, 0.29) is 23.9 Å². The highest BCUT2D eigenvalue weighted by Crippen LogP contribution is 2.30. The maximum atomic E-state index is 15.4. The fourth-order valence-electron chi connectivity index (χ4n) is 5.77. The van der Waals surface area contributed by atoms with Gasteiger partial charge in [0, 0.05) is 38.3 Å². The lowest BCUT2D eigenvalue weighted by atomic mass is 10.1. The van der Waals surface area contributed by atoms with Gasteiger partial charge in [-0.15, -0.1) is 0 Å². The maximum absolute atomic E-state index is 15.4. The monoisotopic (exact) mass is 580 g/mol. The summed E-state index contributed by atoms with van der Waals surface area (Å²) in [5.74, 6) is -0.450. The lowest BCUT2D eigenvalue weighted by molar-refractivity contribution is -0.117. The number of amides is 3. The molecule has 3 aliphatic rings. The Hall–Kier alpha value is -4.39. The van der Waals surface area contributed by atoms with E-state index >= 15 is 4.39 Å². The van der Waals surface area contributed by atoms with Crippen LogP contribution in [0.4, 0.5) is 31.0 Å². The van der Waals surface area contributed by atoms with Crippen molar-refractivity contribution in [2.24, 2.45) is 0 Å². The molecule has 4 heterocycles. The number of hydrogen-bond acceptors (Lipinski definition) is 7. The van der Waals surface area contributed by atoms with E-state index in [1.54, 1.807) is 33.8 Å². The molecule has 3 amide bonds. The Morgan fingerprint density at radius 3 is 2.48 bits per heavy atom. The van der Waals surface area contributed by atoms with Gasteiger partial charge in [-0.25, -0.2) is 18.7 Å². The number of carbonyl (C=O) groups excluding carboxylic acids is 3. The number of morpholine rings is 1. The van der Waals surface area contributed by atoms with E-state index in [0.717, 1.165) is 5.52 Å². The number of ketones is 1. The molecule has 12 nitrogen and oxygen atoms in total. The second kappa shape index (κ2) is 11.5. The number of aromatic nitrogens is 2. The number of anilines is 3. The summed E-state index contributed by atoms with van der Waals surface area (Å²) in [5, 5.41) is 3.39. The van der Waals surface area contributed by atoms with Gasteiger partial charge in [0.15, 0.2) is 0 Å². The zero-order valence-corrected chi connectivity index (χ0v) is 23.4. The number of nitrogens with zero attached hydrogens (tertiary/aromatic N) is 5. The summed E-state index contributed by atoms with van der Waals surface area (Å²) >= 11 is 0. The van der Waals surface area contributed by atoms with E-state index in [1.165, 1.54) is 17.9 Å². The molecule has 0 spiro atoms. The minimum atomic E-state index is -0.556. The standard InChI is InChI=1S/C29H33FN6O6/c1-19(37)2-5-22-18-34(29(40)42-22)21-4-7-26(24(30)17-21)32-8-10-35-25-6-3-20(16-23(25)27(38)36(35)11-9-32)31-28(39)33-12-14-41-15-13-33/h3-4,6-7,16-17,22H,2,5,8-15,18H2,1H3,(H,31,39)/t22-/m0/s1. The van der Waals surface area contributed by atoms with E-state index in [1.807, 2.05) is 15.6 Å². The first-order valence-electron chi connectivity index (χ1n) is 14.2. The second-order valence-electron chi connectivity index (χ2n) is 10.8. The number of Topliss-reactive ketones (excluding diaryl/α,β-unsaturated/α-hetero) is 1. The molecule has 3 aromatic rings. The SMILES string of the molecule is CC(=O)CC[C@H]1CN(c2ccc(N3CCn4c(=O)c5cc(NC(=O)N6CCOCC6)ccc5n4CC3)c(F)c2)C(=O)O1. The highest BCUT2D eigenvalue weighted by molar-refractivity contribution is 5.93. The van der Waals surface area contributed by atoms with Crippen molar-refractivity contribution in [3.8, 4) is 0 Å². The molecule has 1 N–H and O–H groups in total. The second-order valence-corrected chi connectivity index (χ2v) is 10.8. The van der Waals surface area contributed by atoms with Crippen molar-refractivity contribution in [2.75, 3.05) is 61.1 Å². The van der Waals surface area contributed by atoms with Crippen LogP contribution >= 0.6 is 0 Å². The third-order valence-electron chi connectivity index (χ3n) is 8.02. The first-order valence-corrected chi connectivity index (χ1v) is 14.2. The highest BCUT2D eigenvalue weighted by atomic mass is 19.1. The van der Waals surface area contributed by atoms with Crippen LogP contribution in [-0.4, -0.2) is 84.2 Å². The molecule has 1 aromatic heterocycles. The Labute approximate surface area is 241 Å². The van der Waals surface area contributed by atoms with Crippen molar-refractivity contribution >= 4 is 45.9 Å². The van der Waals surface area contributed by atoms with Crippen LogP contribution in [0, 0.1) is 5.82 Å². The number of ether oxygens (including phenoxy) is 2. The number of rotatable bonds is 6. The van der Waals surface area contributed by atoms with Gasteiger partial charge in [-0.05, 0) is 49.7 Å². The normalized spacial score (nSPS) is 19.0. The zero-order chi connectivity index (χ0) is 29.4. The van der Waals surface area contributed by atoms with Crippen LogP contribution in [0.15, 0.2) is 41.2 Å². The molecule has 0 unspecified atom stereocenters. The quantitative estimate of drug-likeness (QED) is 0.476. The van der Waals surface area contributed by atoms with Crippen LogP contribution in [0.3, 0.4) is 0 Å². The number of benzene rings is 2. The van der Waals surface area contributed by atoms with Crippen molar-refractivity contribution in [1.29, 1.82) is 0 Å². The van der Waals surface area contributed by atoms with Crippen LogP contribution in [0.25, 0.3) is 10.9 Å². The van der Waals surface area contributed by atoms with Crippen LogP contribution in [0.5, 0.6) is 0 Å². The smallest absolute Gasteiger partial charge is 0.414 e. The Bertz CT molecular complexity index is 1600. The molecule has 13 heteroatoms. The third kappa shape index (κ3) is 5.43. The number of urea groups is 1. The zero-order valence-electron chi connectivity index (χ0n) is 23.4. The molecule has 2 aromatic carbocycles. The Morgan fingerprint density at radius 2 is 1.74 bits per heavy atom. The number of fused-ring (bicyclic) bond motifs is 3. The molecular formula is C29H33FN6O6. The van der Waals surface area contributed by atoms with Crippen LogP contribution in [-0.2, 0) is 27.4 Å². The van der Waals surface area contributed by atoms with E-state index in [9.17, 15) is 19.2 Å². The van der Waals surface area contributed by atoms with Crippen molar-refractivity contribution in [2.45, 2.75) is 39.0 Å². The number of carbonyl (C=O) groups is 3. The first-order chi connectivity index (χ1) is 20.3. The minimum absolute atomic E-state index is 0.0251. The molecule has 0 bridgehead atoms. The fraction of sp³-hybridized carbons (Fsp3) is 0.448. The van der Waals surface area contributed by atoms with Crippen molar-refractivity contribution < 1.29 is 28.2 Å². The van der Waals surface area contributed by atoms with Crippen LogP contribution < -0.4 is 20.7 Å². The predicted octanol–water partition coefficient (Wildman–Crippen LogP) is 3.02. The molecule has 1 atom stereocenters. The lowest BCUT2D eigenvalue weighted by Gasteiger charge is -2.26. The molecule has 0 saturated carbocycles. The van der Waals surface area contributed by atoms with Crippen LogP contribution in [0.1, 0.15) is 19.8 Å². The van der Waals surface area contributed by atoms with Crippen molar-refractivity contribution in [1.82, 2.24) is 14.3 Å². The molecular weight excluding hydrogens is 547 g/mol. The molecule has 0 radical (unpaired) electrons. The molecule has 2 saturated heterocycles. The largest absolute Gasteiger partial charge is 0.444 e. The number of halogens is 1. The van der Waals surface area contributed by atoms with Gasteiger partial charge in [0.25, 0.3) is 5.56 Å². The van der Waals surface area contributed by atoms with Gasteiger partial charge in [0.2, 0.25) is 0 Å². The highest BCUT2D eigenvalue weighted by Gasteiger charge is 2.33. The third-order valence-corrected chi connectivity index (χ3v) is 8.02. The predicted molar refractivity (Wildman–Crippen MR) is 154 cm³/mol. The summed E-state index contributed by atoms with van der Waals surface area (Å²) in [5.41, 5.74) is 1.90. The topological polar surface area (TPSA) is 118 Å². The summed E-state index contributed by atoms with van der Waals surface area (Å²) < 4.78 is 29.6. The van der Waals surface area contributed by atoms with Crippen molar-refractivity contribution in [3.05, 3.63) is 52.6 Å². The van der Waals surface area contributed by atoms with Gasteiger partial charge in [-0.3, -0.25) is 14.4 Å². The van der Waals surface area contributed by atoms with Gasteiger partial charge in [0.1, 0.15) is 17.7 Å². The molecule has 0 aliphatic carbocycles. The number of hydrogen-bond donors (Lipinski definition) is 1. The van der Waals surface area contributed by atoms with Gasteiger partial charge in [-0.2, -0.15) is 0 Å². The molecule has 42 heavy (non-hydrogen) atoms.